The lowest BCUT2D eigenvalue weighted by Crippen LogP contribution is -2.34. The molecule has 2 nitrogen and oxygen atoms in total. The fraction of sp³-hybridized carbons (Fsp3) is 0.769. The highest BCUT2D eigenvalue weighted by Gasteiger charge is 2.15. The van der Waals surface area contributed by atoms with E-state index in [9.17, 15) is 4.79 Å². The van der Waals surface area contributed by atoms with Gasteiger partial charge in [0.05, 0.1) is 0 Å². The van der Waals surface area contributed by atoms with Crippen molar-refractivity contribution in [3.8, 4) is 0 Å². The lowest BCUT2D eigenvalue weighted by molar-refractivity contribution is 0.208. The predicted octanol–water partition coefficient (Wildman–Crippen LogP) is 4.28. The molecule has 1 amide bonds. The predicted molar refractivity (Wildman–Crippen MR) is 76.0 cm³/mol. The van der Waals surface area contributed by atoms with E-state index in [-0.39, 0.29) is 5.24 Å². The first kappa shape index (κ1) is 17.9. The summed E-state index contributed by atoms with van der Waals surface area (Å²) in [5, 5.41) is 0.231. The molecule has 3 heteroatoms. The topological polar surface area (TPSA) is 20.3 Å². The number of nitrogens with zero attached hydrogens (tertiary/aromatic N) is 1. The Kier molecular flexibility index (Phi) is 12.4. The van der Waals surface area contributed by atoms with Gasteiger partial charge in [-0.1, -0.05) is 46.4 Å². The van der Waals surface area contributed by atoms with E-state index in [1.165, 1.54) is 11.8 Å². The van der Waals surface area contributed by atoms with E-state index in [2.05, 4.69) is 40.9 Å². The molecule has 0 aliphatic carbocycles. The molecule has 0 atom stereocenters. The van der Waals surface area contributed by atoms with Crippen molar-refractivity contribution in [3.63, 3.8) is 0 Å². The first-order chi connectivity index (χ1) is 7.47. The maximum Gasteiger partial charge on any atom is 0.281 e. The molecule has 0 unspecified atom stereocenters. The summed E-state index contributed by atoms with van der Waals surface area (Å²) in [6.45, 7) is 18.4. The van der Waals surface area contributed by atoms with Crippen LogP contribution < -0.4 is 0 Å². The van der Waals surface area contributed by atoms with Gasteiger partial charge in [-0.15, -0.1) is 13.2 Å². The van der Waals surface area contributed by atoms with Crippen LogP contribution in [0.3, 0.4) is 0 Å². The molecule has 0 bridgehead atoms. The van der Waals surface area contributed by atoms with Gasteiger partial charge < -0.3 is 4.90 Å². The second kappa shape index (κ2) is 11.1. The number of carbonyl (C=O) groups excluding carboxylic acids is 1. The molecular weight excluding hydrogens is 218 g/mol. The third kappa shape index (κ3) is 10.1. The Hall–Kier alpha value is -0.440. The van der Waals surface area contributed by atoms with Crippen LogP contribution in [0.15, 0.2) is 13.2 Å². The fourth-order valence-corrected chi connectivity index (χ4v) is 1.90. The van der Waals surface area contributed by atoms with E-state index in [1.807, 2.05) is 11.8 Å². The van der Waals surface area contributed by atoms with Gasteiger partial charge in [0.15, 0.2) is 0 Å². The molecule has 0 aliphatic rings. The van der Waals surface area contributed by atoms with Gasteiger partial charge in [-0.05, 0) is 17.6 Å². The second-order valence-electron chi connectivity index (χ2n) is 4.39. The zero-order valence-corrected chi connectivity index (χ0v) is 12.3. The van der Waals surface area contributed by atoms with E-state index < -0.39 is 0 Å². The van der Waals surface area contributed by atoms with Gasteiger partial charge in [0.1, 0.15) is 0 Å². The van der Waals surface area contributed by atoms with E-state index in [1.54, 1.807) is 0 Å². The Balaban J connectivity index is 0. The molecule has 0 spiro atoms. The van der Waals surface area contributed by atoms with Crippen LogP contribution in [0.4, 0.5) is 4.79 Å². The summed E-state index contributed by atoms with van der Waals surface area (Å²) in [4.78, 5) is 13.7. The van der Waals surface area contributed by atoms with Gasteiger partial charge in [0, 0.05) is 13.1 Å². The monoisotopic (exact) mass is 245 g/mol. The molecule has 16 heavy (non-hydrogen) atoms. The molecule has 0 saturated carbocycles. The van der Waals surface area contributed by atoms with Gasteiger partial charge in [0.25, 0.3) is 5.24 Å². The van der Waals surface area contributed by atoms with Crippen molar-refractivity contribution < 1.29 is 4.79 Å². The minimum absolute atomic E-state index is 0.231. The maximum absolute atomic E-state index is 11.7. The van der Waals surface area contributed by atoms with Crippen molar-refractivity contribution >= 4 is 17.0 Å². The SMILES string of the molecule is C=C.CCSC(=O)N(CC(C)C)CC(C)C. The van der Waals surface area contributed by atoms with Crippen LogP contribution in [-0.4, -0.2) is 29.0 Å². The fourth-order valence-electron chi connectivity index (χ4n) is 1.32. The van der Waals surface area contributed by atoms with Gasteiger partial charge in [-0.25, -0.2) is 0 Å². The summed E-state index contributed by atoms with van der Waals surface area (Å²) in [6.07, 6.45) is 0. The third-order valence-corrected chi connectivity index (χ3v) is 2.49. The van der Waals surface area contributed by atoms with Crippen molar-refractivity contribution in [1.29, 1.82) is 0 Å². The average Bonchev–Trinajstić information content (AvgIpc) is 2.19. The van der Waals surface area contributed by atoms with Crippen molar-refractivity contribution in [2.75, 3.05) is 18.8 Å². The maximum atomic E-state index is 11.7. The summed E-state index contributed by atoms with van der Waals surface area (Å²) in [5.41, 5.74) is 0. The first-order valence-electron chi connectivity index (χ1n) is 5.89. The third-order valence-electron chi connectivity index (χ3n) is 1.70. The van der Waals surface area contributed by atoms with Crippen LogP contribution in [-0.2, 0) is 0 Å². The highest BCUT2D eigenvalue weighted by Crippen LogP contribution is 2.12. The highest BCUT2D eigenvalue weighted by atomic mass is 32.2. The van der Waals surface area contributed by atoms with Crippen LogP contribution in [0.1, 0.15) is 34.6 Å². The number of rotatable bonds is 5. The first-order valence-corrected chi connectivity index (χ1v) is 6.87. The summed E-state index contributed by atoms with van der Waals surface area (Å²) in [5.74, 6) is 1.97. The van der Waals surface area contributed by atoms with Gasteiger partial charge >= 0.3 is 0 Å². The molecule has 0 aromatic heterocycles. The molecule has 0 rings (SSSR count). The zero-order valence-electron chi connectivity index (χ0n) is 11.5. The normalized spacial score (nSPS) is 9.94. The van der Waals surface area contributed by atoms with Crippen molar-refractivity contribution in [2.45, 2.75) is 34.6 Å². The lowest BCUT2D eigenvalue weighted by atomic mass is 10.1. The number of carbonyl (C=O) groups is 1. The Morgan fingerprint density at radius 2 is 1.50 bits per heavy atom. The van der Waals surface area contributed by atoms with Gasteiger partial charge in [-0.2, -0.15) is 0 Å². The number of hydrogen-bond donors (Lipinski definition) is 0. The summed E-state index contributed by atoms with van der Waals surface area (Å²) < 4.78 is 0. The molecular formula is C13H27NOS. The Morgan fingerprint density at radius 1 is 1.12 bits per heavy atom. The summed E-state index contributed by atoms with van der Waals surface area (Å²) in [7, 11) is 0. The quantitative estimate of drug-likeness (QED) is 0.674. The van der Waals surface area contributed by atoms with Crippen LogP contribution in [0, 0.1) is 11.8 Å². The highest BCUT2D eigenvalue weighted by molar-refractivity contribution is 8.13. The molecule has 0 aromatic carbocycles. The minimum Gasteiger partial charge on any atom is -0.333 e. The largest absolute Gasteiger partial charge is 0.333 e. The summed E-state index contributed by atoms with van der Waals surface area (Å²) in [6, 6.07) is 0. The molecule has 0 fully saturated rings. The van der Waals surface area contributed by atoms with Gasteiger partial charge in [-0.3, -0.25) is 4.79 Å². The number of hydrogen-bond acceptors (Lipinski definition) is 2. The second-order valence-corrected chi connectivity index (χ2v) is 5.61. The van der Waals surface area contributed by atoms with Crippen molar-refractivity contribution in [3.05, 3.63) is 13.2 Å². The molecule has 96 valence electrons. The van der Waals surface area contributed by atoms with E-state index >= 15 is 0 Å². The van der Waals surface area contributed by atoms with Gasteiger partial charge in [0.2, 0.25) is 0 Å². The number of thioether (sulfide) groups is 1. The van der Waals surface area contributed by atoms with E-state index in [0.29, 0.717) is 11.8 Å². The number of amides is 1. The average molecular weight is 245 g/mol. The van der Waals surface area contributed by atoms with E-state index in [4.69, 9.17) is 0 Å². The lowest BCUT2D eigenvalue weighted by Gasteiger charge is -2.25. The summed E-state index contributed by atoms with van der Waals surface area (Å²) >= 11 is 1.41. The Labute approximate surface area is 105 Å². The molecule has 0 N–H and O–H groups in total. The molecule has 0 radical (unpaired) electrons. The Bertz CT molecular complexity index is 171. The molecule has 0 aliphatic heterocycles. The standard InChI is InChI=1S/C11H23NOS.C2H4/c1-6-14-11(13)12(7-9(2)3)8-10(4)5;1-2/h9-10H,6-8H2,1-5H3;1-2H2. The van der Waals surface area contributed by atoms with Crippen LogP contribution in [0.5, 0.6) is 0 Å². The van der Waals surface area contributed by atoms with Crippen LogP contribution in [0.25, 0.3) is 0 Å². The van der Waals surface area contributed by atoms with Crippen LogP contribution >= 0.6 is 11.8 Å². The molecule has 0 saturated heterocycles. The molecule has 0 heterocycles. The van der Waals surface area contributed by atoms with Crippen molar-refractivity contribution in [2.24, 2.45) is 11.8 Å². The van der Waals surface area contributed by atoms with Crippen LogP contribution in [0.2, 0.25) is 0 Å². The van der Waals surface area contributed by atoms with Crippen molar-refractivity contribution in [1.82, 2.24) is 4.90 Å². The molecule has 0 aromatic rings. The van der Waals surface area contributed by atoms with E-state index in [0.717, 1.165) is 18.8 Å². The minimum atomic E-state index is 0.231. The zero-order chi connectivity index (χ0) is 13.1. The Morgan fingerprint density at radius 3 is 1.75 bits per heavy atom. The smallest absolute Gasteiger partial charge is 0.281 e.